The van der Waals surface area contributed by atoms with Gasteiger partial charge in [0.05, 0.1) is 0 Å². The average molecular weight is 373 g/mol. The minimum absolute atomic E-state index is 0.118. The smallest absolute Gasteiger partial charge is 0.414 e. The van der Waals surface area contributed by atoms with E-state index in [1.54, 1.807) is 12.1 Å². The Morgan fingerprint density at radius 1 is 0.821 bits per heavy atom. The largest absolute Gasteiger partial charge is 0.444 e. The van der Waals surface area contributed by atoms with E-state index in [1.165, 1.54) is 4.90 Å². The molecule has 5 nitrogen and oxygen atoms in total. The van der Waals surface area contributed by atoms with Crippen LogP contribution in [-0.2, 0) is 20.9 Å². The Morgan fingerprint density at radius 3 is 1.96 bits per heavy atom. The Balaban J connectivity index is 1.64. The molecule has 5 heteroatoms. The van der Waals surface area contributed by atoms with Gasteiger partial charge in [0.2, 0.25) is 6.23 Å². The standard InChI is InChI=1S/C23H19NO4/c25-22-20(18-12-6-2-7-13-18)24(21(28-22)19-14-8-3-9-15-19)23(26)27-16-17-10-4-1-5-11-17/h1-15,20-21H,16H2/t20-,21-/m0/s1. The number of hydrogen-bond acceptors (Lipinski definition) is 4. The minimum atomic E-state index is -0.852. The van der Waals surface area contributed by atoms with Gasteiger partial charge >= 0.3 is 12.1 Å². The van der Waals surface area contributed by atoms with E-state index < -0.39 is 24.3 Å². The molecular formula is C23H19NO4. The zero-order chi connectivity index (χ0) is 19.3. The molecular weight excluding hydrogens is 354 g/mol. The molecule has 1 heterocycles. The lowest BCUT2D eigenvalue weighted by Gasteiger charge is -2.26. The number of carbonyl (C=O) groups excluding carboxylic acids is 2. The molecule has 4 rings (SSSR count). The minimum Gasteiger partial charge on any atom is -0.444 e. The number of nitrogens with zero attached hydrogens (tertiary/aromatic N) is 1. The normalized spacial score (nSPS) is 18.6. The lowest BCUT2D eigenvalue weighted by molar-refractivity contribution is -0.143. The number of cyclic esters (lactones) is 1. The van der Waals surface area contributed by atoms with Crippen LogP contribution in [0.4, 0.5) is 4.79 Å². The third-order valence-corrected chi connectivity index (χ3v) is 4.60. The first-order valence-corrected chi connectivity index (χ1v) is 9.03. The topological polar surface area (TPSA) is 55.8 Å². The van der Waals surface area contributed by atoms with E-state index in [1.807, 2.05) is 78.9 Å². The zero-order valence-corrected chi connectivity index (χ0v) is 15.1. The molecule has 3 aromatic rings. The maximum Gasteiger partial charge on any atom is 0.414 e. The number of benzene rings is 3. The summed E-state index contributed by atoms with van der Waals surface area (Å²) in [5, 5.41) is 0. The molecule has 0 spiro atoms. The van der Waals surface area contributed by atoms with E-state index in [0.717, 1.165) is 5.56 Å². The van der Waals surface area contributed by atoms with Crippen LogP contribution in [-0.4, -0.2) is 17.0 Å². The second-order valence-corrected chi connectivity index (χ2v) is 6.46. The van der Waals surface area contributed by atoms with Crippen LogP contribution < -0.4 is 0 Å². The Morgan fingerprint density at radius 2 is 1.36 bits per heavy atom. The molecule has 2 atom stereocenters. The number of hydrogen-bond donors (Lipinski definition) is 0. The summed E-state index contributed by atoms with van der Waals surface area (Å²) in [4.78, 5) is 27.1. The summed E-state index contributed by atoms with van der Waals surface area (Å²) in [5.41, 5.74) is 2.27. The van der Waals surface area contributed by atoms with Crippen LogP contribution in [0, 0.1) is 0 Å². The van der Waals surface area contributed by atoms with Crippen molar-refractivity contribution in [3.05, 3.63) is 108 Å². The van der Waals surface area contributed by atoms with Crippen molar-refractivity contribution in [2.45, 2.75) is 18.9 Å². The molecule has 1 aliphatic heterocycles. The Hall–Kier alpha value is -3.60. The summed E-state index contributed by atoms with van der Waals surface area (Å²) in [7, 11) is 0. The van der Waals surface area contributed by atoms with Gasteiger partial charge in [-0.3, -0.25) is 0 Å². The molecule has 0 bridgehead atoms. The molecule has 3 aromatic carbocycles. The maximum absolute atomic E-state index is 13.0. The van der Waals surface area contributed by atoms with E-state index >= 15 is 0 Å². The highest BCUT2D eigenvalue weighted by molar-refractivity contribution is 5.86. The first kappa shape index (κ1) is 17.8. The average Bonchev–Trinajstić information content (AvgIpc) is 3.11. The Labute approximate surface area is 163 Å². The summed E-state index contributed by atoms with van der Waals surface area (Å²) in [6.45, 7) is 0.118. The summed E-state index contributed by atoms with van der Waals surface area (Å²) in [5.74, 6) is -0.475. The fourth-order valence-corrected chi connectivity index (χ4v) is 3.25. The number of esters is 1. The lowest BCUT2D eigenvalue weighted by Crippen LogP contribution is -2.34. The molecule has 1 fully saturated rings. The van der Waals surface area contributed by atoms with Crippen molar-refractivity contribution in [2.75, 3.05) is 0 Å². The molecule has 1 amide bonds. The van der Waals surface area contributed by atoms with E-state index in [-0.39, 0.29) is 6.61 Å². The van der Waals surface area contributed by atoms with Crippen LogP contribution in [0.3, 0.4) is 0 Å². The van der Waals surface area contributed by atoms with Crippen molar-refractivity contribution in [1.29, 1.82) is 0 Å². The third-order valence-electron chi connectivity index (χ3n) is 4.60. The molecule has 0 radical (unpaired) electrons. The first-order valence-electron chi connectivity index (χ1n) is 9.03. The van der Waals surface area contributed by atoms with Crippen LogP contribution in [0.15, 0.2) is 91.0 Å². The SMILES string of the molecule is O=C1O[C@@H](c2ccccc2)N(C(=O)OCc2ccccc2)[C@H]1c1ccccc1. The van der Waals surface area contributed by atoms with Gasteiger partial charge in [-0.1, -0.05) is 91.0 Å². The second-order valence-electron chi connectivity index (χ2n) is 6.46. The van der Waals surface area contributed by atoms with Crippen molar-refractivity contribution < 1.29 is 19.1 Å². The molecule has 0 N–H and O–H groups in total. The van der Waals surface area contributed by atoms with Crippen LogP contribution in [0.5, 0.6) is 0 Å². The van der Waals surface area contributed by atoms with Crippen molar-refractivity contribution in [2.24, 2.45) is 0 Å². The van der Waals surface area contributed by atoms with Gasteiger partial charge in [0.15, 0.2) is 6.04 Å². The van der Waals surface area contributed by atoms with Crippen molar-refractivity contribution in [1.82, 2.24) is 4.90 Å². The highest BCUT2D eigenvalue weighted by Crippen LogP contribution is 2.40. The molecule has 1 saturated heterocycles. The fourth-order valence-electron chi connectivity index (χ4n) is 3.25. The van der Waals surface area contributed by atoms with Gasteiger partial charge in [-0.25, -0.2) is 14.5 Å². The molecule has 0 aromatic heterocycles. The molecule has 140 valence electrons. The van der Waals surface area contributed by atoms with Crippen LogP contribution in [0.25, 0.3) is 0 Å². The van der Waals surface area contributed by atoms with Gasteiger partial charge in [0, 0.05) is 5.56 Å². The van der Waals surface area contributed by atoms with Gasteiger partial charge in [0.25, 0.3) is 0 Å². The van der Waals surface area contributed by atoms with Gasteiger partial charge in [0.1, 0.15) is 6.61 Å². The number of amides is 1. The monoisotopic (exact) mass is 373 g/mol. The summed E-state index contributed by atoms with van der Waals surface area (Å²) in [6, 6.07) is 26.9. The predicted molar refractivity (Wildman–Crippen MR) is 103 cm³/mol. The zero-order valence-electron chi connectivity index (χ0n) is 15.1. The first-order chi connectivity index (χ1) is 13.7. The Kier molecular flexibility index (Phi) is 5.06. The van der Waals surface area contributed by atoms with Crippen molar-refractivity contribution in [3.8, 4) is 0 Å². The summed E-state index contributed by atoms with van der Waals surface area (Å²) >= 11 is 0. The molecule has 0 unspecified atom stereocenters. The predicted octanol–water partition coefficient (Wildman–Crippen LogP) is 4.62. The number of rotatable bonds is 4. The van der Waals surface area contributed by atoms with Crippen molar-refractivity contribution in [3.63, 3.8) is 0 Å². The summed E-state index contributed by atoms with van der Waals surface area (Å²) < 4.78 is 11.1. The third kappa shape index (κ3) is 3.60. The molecule has 28 heavy (non-hydrogen) atoms. The maximum atomic E-state index is 13.0. The van der Waals surface area contributed by atoms with Gasteiger partial charge in [-0.2, -0.15) is 0 Å². The van der Waals surface area contributed by atoms with Crippen molar-refractivity contribution >= 4 is 12.1 Å². The Bertz CT molecular complexity index is 944. The van der Waals surface area contributed by atoms with E-state index in [9.17, 15) is 9.59 Å². The van der Waals surface area contributed by atoms with Crippen LogP contribution in [0.1, 0.15) is 29.0 Å². The molecule has 0 aliphatic carbocycles. The van der Waals surface area contributed by atoms with Crippen LogP contribution >= 0.6 is 0 Å². The van der Waals surface area contributed by atoms with E-state index in [0.29, 0.717) is 11.1 Å². The quantitative estimate of drug-likeness (QED) is 0.626. The van der Waals surface area contributed by atoms with E-state index in [4.69, 9.17) is 9.47 Å². The molecule has 0 saturated carbocycles. The van der Waals surface area contributed by atoms with E-state index in [2.05, 4.69) is 0 Å². The van der Waals surface area contributed by atoms with Gasteiger partial charge < -0.3 is 9.47 Å². The fraction of sp³-hybridized carbons (Fsp3) is 0.130. The van der Waals surface area contributed by atoms with Gasteiger partial charge in [-0.15, -0.1) is 0 Å². The second kappa shape index (κ2) is 7.96. The van der Waals surface area contributed by atoms with Gasteiger partial charge in [-0.05, 0) is 11.1 Å². The highest BCUT2D eigenvalue weighted by atomic mass is 16.6. The molecule has 1 aliphatic rings. The number of ether oxygens (including phenoxy) is 2. The lowest BCUT2D eigenvalue weighted by atomic mass is 10.1. The van der Waals surface area contributed by atoms with Crippen LogP contribution in [0.2, 0.25) is 0 Å². The number of carbonyl (C=O) groups is 2. The summed E-state index contributed by atoms with van der Waals surface area (Å²) in [6.07, 6.45) is -1.43. The highest BCUT2D eigenvalue weighted by Gasteiger charge is 2.47.